The molecule has 1 saturated carbocycles. The molecule has 138 valence electrons. The Labute approximate surface area is 153 Å². The number of hydrogen-bond acceptors (Lipinski definition) is 7. The predicted octanol–water partition coefficient (Wildman–Crippen LogP) is -0.167. The molecule has 3 N–H and O–H groups in total. The van der Waals surface area contributed by atoms with Crippen LogP contribution in [0.25, 0.3) is 10.3 Å². The lowest BCUT2D eigenvalue weighted by atomic mass is 9.96. The molecule has 0 radical (unpaired) electrons. The SMILES string of the molecule is NC(=O)Cn1cnc2nc(N3CCC(C(=O)NC4CC4)CC3)sc2c1=O. The van der Waals surface area contributed by atoms with Gasteiger partial charge in [-0.3, -0.25) is 19.0 Å². The lowest BCUT2D eigenvalue weighted by Crippen LogP contribution is -2.41. The molecule has 0 unspecified atom stereocenters. The number of anilines is 1. The molecule has 1 aliphatic carbocycles. The Morgan fingerprint density at radius 2 is 2.00 bits per heavy atom. The molecule has 2 aliphatic rings. The molecule has 2 aromatic heterocycles. The minimum Gasteiger partial charge on any atom is -0.368 e. The van der Waals surface area contributed by atoms with Crippen LogP contribution in [0.2, 0.25) is 0 Å². The minimum absolute atomic E-state index is 0.0483. The second kappa shape index (κ2) is 6.67. The Hall–Kier alpha value is -2.49. The number of nitrogens with one attached hydrogen (secondary N) is 1. The number of carbonyl (C=O) groups is 2. The highest BCUT2D eigenvalue weighted by Gasteiger charge is 2.30. The van der Waals surface area contributed by atoms with Crippen molar-refractivity contribution in [3.8, 4) is 0 Å². The number of nitrogens with zero attached hydrogens (tertiary/aromatic N) is 4. The highest BCUT2D eigenvalue weighted by atomic mass is 32.1. The van der Waals surface area contributed by atoms with E-state index in [-0.39, 0.29) is 23.9 Å². The van der Waals surface area contributed by atoms with Gasteiger partial charge in [0.15, 0.2) is 10.8 Å². The fourth-order valence-corrected chi connectivity index (χ4v) is 4.15. The van der Waals surface area contributed by atoms with Crippen LogP contribution in [-0.2, 0) is 16.1 Å². The Balaban J connectivity index is 1.47. The number of fused-ring (bicyclic) bond motifs is 1. The smallest absolute Gasteiger partial charge is 0.273 e. The lowest BCUT2D eigenvalue weighted by molar-refractivity contribution is -0.125. The first-order chi connectivity index (χ1) is 12.5. The van der Waals surface area contributed by atoms with Gasteiger partial charge in [-0.2, -0.15) is 4.98 Å². The van der Waals surface area contributed by atoms with E-state index in [1.807, 2.05) is 0 Å². The molecule has 4 rings (SSSR count). The van der Waals surface area contributed by atoms with Crippen molar-refractivity contribution in [1.82, 2.24) is 19.9 Å². The first-order valence-electron chi connectivity index (χ1n) is 8.71. The van der Waals surface area contributed by atoms with Gasteiger partial charge in [-0.1, -0.05) is 11.3 Å². The number of carbonyl (C=O) groups excluding carboxylic acids is 2. The summed E-state index contributed by atoms with van der Waals surface area (Å²) in [5.41, 5.74) is 5.22. The number of aromatic nitrogens is 3. The monoisotopic (exact) mass is 376 g/mol. The van der Waals surface area contributed by atoms with Crippen LogP contribution in [-0.4, -0.2) is 45.5 Å². The first kappa shape index (κ1) is 17.0. The van der Waals surface area contributed by atoms with E-state index in [1.165, 1.54) is 22.2 Å². The summed E-state index contributed by atoms with van der Waals surface area (Å²) in [7, 11) is 0. The number of thiazole rings is 1. The Morgan fingerprint density at radius 1 is 1.27 bits per heavy atom. The third-order valence-corrected chi connectivity index (χ3v) is 5.85. The second-order valence-corrected chi connectivity index (χ2v) is 7.81. The van der Waals surface area contributed by atoms with E-state index in [1.54, 1.807) is 0 Å². The fourth-order valence-electron chi connectivity index (χ4n) is 3.13. The van der Waals surface area contributed by atoms with Crippen LogP contribution in [0.5, 0.6) is 0 Å². The third kappa shape index (κ3) is 3.41. The summed E-state index contributed by atoms with van der Waals surface area (Å²) in [6, 6.07) is 0.387. The van der Waals surface area contributed by atoms with Gasteiger partial charge in [-0.05, 0) is 25.7 Å². The van der Waals surface area contributed by atoms with Crippen molar-refractivity contribution in [2.75, 3.05) is 18.0 Å². The number of rotatable bonds is 5. The van der Waals surface area contributed by atoms with Crippen LogP contribution >= 0.6 is 11.3 Å². The van der Waals surface area contributed by atoms with Crippen molar-refractivity contribution in [3.63, 3.8) is 0 Å². The number of nitrogens with two attached hydrogens (primary N) is 1. The lowest BCUT2D eigenvalue weighted by Gasteiger charge is -2.30. The molecule has 0 atom stereocenters. The highest BCUT2D eigenvalue weighted by molar-refractivity contribution is 7.22. The van der Waals surface area contributed by atoms with Crippen molar-refractivity contribution in [2.24, 2.45) is 11.7 Å². The molecule has 10 heteroatoms. The summed E-state index contributed by atoms with van der Waals surface area (Å²) in [6.45, 7) is 1.24. The van der Waals surface area contributed by atoms with Gasteiger partial charge in [0.25, 0.3) is 5.56 Å². The van der Waals surface area contributed by atoms with Crippen LogP contribution in [0.4, 0.5) is 5.13 Å². The molecule has 1 aliphatic heterocycles. The number of primary amides is 1. The van der Waals surface area contributed by atoms with Gasteiger partial charge in [0.2, 0.25) is 11.8 Å². The van der Waals surface area contributed by atoms with Gasteiger partial charge < -0.3 is 16.0 Å². The Morgan fingerprint density at radius 3 is 2.65 bits per heavy atom. The Bertz CT molecular complexity index is 910. The molecule has 0 bridgehead atoms. The molecule has 1 saturated heterocycles. The topological polar surface area (TPSA) is 123 Å². The number of piperidine rings is 1. The van der Waals surface area contributed by atoms with Crippen LogP contribution in [0.15, 0.2) is 11.1 Å². The zero-order valence-corrected chi connectivity index (χ0v) is 15.0. The summed E-state index contributed by atoms with van der Waals surface area (Å²) < 4.78 is 1.61. The fraction of sp³-hybridized carbons (Fsp3) is 0.562. The number of amides is 2. The molecular weight excluding hydrogens is 356 g/mol. The average molecular weight is 376 g/mol. The molecule has 2 amide bonds. The van der Waals surface area contributed by atoms with Crippen molar-refractivity contribution in [1.29, 1.82) is 0 Å². The van der Waals surface area contributed by atoms with E-state index in [0.717, 1.165) is 43.9 Å². The molecule has 0 aromatic carbocycles. The van der Waals surface area contributed by atoms with Gasteiger partial charge in [0.1, 0.15) is 17.6 Å². The quantitative estimate of drug-likeness (QED) is 0.747. The molecule has 2 aromatic rings. The molecule has 0 spiro atoms. The van der Waals surface area contributed by atoms with Crippen LogP contribution < -0.4 is 21.5 Å². The van der Waals surface area contributed by atoms with E-state index in [4.69, 9.17) is 5.73 Å². The second-order valence-electron chi connectivity index (χ2n) is 6.84. The number of hydrogen-bond donors (Lipinski definition) is 2. The van der Waals surface area contributed by atoms with E-state index in [9.17, 15) is 14.4 Å². The normalized spacial score (nSPS) is 18.2. The van der Waals surface area contributed by atoms with E-state index >= 15 is 0 Å². The third-order valence-electron chi connectivity index (χ3n) is 4.76. The largest absolute Gasteiger partial charge is 0.368 e. The van der Waals surface area contributed by atoms with Crippen LogP contribution in [0, 0.1) is 5.92 Å². The average Bonchev–Trinajstić information content (AvgIpc) is 3.32. The summed E-state index contributed by atoms with van der Waals surface area (Å²) in [6.07, 6.45) is 5.03. The molecular formula is C16H20N6O3S. The molecule has 26 heavy (non-hydrogen) atoms. The maximum Gasteiger partial charge on any atom is 0.273 e. The van der Waals surface area contributed by atoms with E-state index in [2.05, 4.69) is 20.2 Å². The van der Waals surface area contributed by atoms with Crippen LogP contribution in [0.3, 0.4) is 0 Å². The van der Waals surface area contributed by atoms with Gasteiger partial charge in [0.05, 0.1) is 0 Å². The van der Waals surface area contributed by atoms with Crippen molar-refractivity contribution in [3.05, 3.63) is 16.7 Å². The van der Waals surface area contributed by atoms with Crippen molar-refractivity contribution < 1.29 is 9.59 Å². The van der Waals surface area contributed by atoms with Crippen molar-refractivity contribution in [2.45, 2.75) is 38.3 Å². The maximum atomic E-state index is 12.4. The maximum absolute atomic E-state index is 12.4. The highest BCUT2D eigenvalue weighted by Crippen LogP contribution is 2.29. The summed E-state index contributed by atoms with van der Waals surface area (Å²) in [5.74, 6) is -0.385. The molecule has 9 nitrogen and oxygen atoms in total. The Kier molecular flexibility index (Phi) is 4.35. The first-order valence-corrected chi connectivity index (χ1v) is 9.52. The van der Waals surface area contributed by atoms with E-state index < -0.39 is 5.91 Å². The standard InChI is InChI=1S/C16H20N6O3S/c17-11(23)7-22-8-18-13-12(15(22)25)26-16(20-13)21-5-3-9(4-6-21)14(24)19-10-1-2-10/h8-10H,1-7H2,(H2,17,23)(H,19,24). The molecule has 3 heterocycles. The zero-order chi connectivity index (χ0) is 18.3. The minimum atomic E-state index is -0.593. The van der Waals surface area contributed by atoms with Gasteiger partial charge >= 0.3 is 0 Å². The summed E-state index contributed by atoms with van der Waals surface area (Å²) in [4.78, 5) is 46.3. The predicted molar refractivity (Wildman–Crippen MR) is 97.0 cm³/mol. The van der Waals surface area contributed by atoms with Gasteiger partial charge in [-0.15, -0.1) is 0 Å². The van der Waals surface area contributed by atoms with Gasteiger partial charge in [-0.25, -0.2) is 4.98 Å². The van der Waals surface area contributed by atoms with Crippen LogP contribution in [0.1, 0.15) is 25.7 Å². The zero-order valence-electron chi connectivity index (χ0n) is 14.2. The van der Waals surface area contributed by atoms with E-state index in [0.29, 0.717) is 16.4 Å². The van der Waals surface area contributed by atoms with Crippen molar-refractivity contribution >= 4 is 38.6 Å². The van der Waals surface area contributed by atoms with Gasteiger partial charge in [0, 0.05) is 25.0 Å². The summed E-state index contributed by atoms with van der Waals surface area (Å²) in [5, 5.41) is 3.79. The molecule has 2 fully saturated rings. The summed E-state index contributed by atoms with van der Waals surface area (Å²) >= 11 is 1.27.